The van der Waals surface area contributed by atoms with Crippen molar-refractivity contribution in [3.63, 3.8) is 0 Å². The molecule has 1 heterocycles. The van der Waals surface area contributed by atoms with Crippen molar-refractivity contribution in [2.75, 3.05) is 0 Å². The molecule has 0 spiro atoms. The maximum atomic E-state index is 11.8. The number of nitrogens with one attached hydrogen (secondary N) is 2. The van der Waals surface area contributed by atoms with E-state index in [1.807, 2.05) is 20.8 Å². The Hall–Kier alpha value is -0.590. The van der Waals surface area contributed by atoms with Gasteiger partial charge in [-0.2, -0.15) is 0 Å². The van der Waals surface area contributed by atoms with Crippen LogP contribution in [0.25, 0.3) is 0 Å². The smallest absolute Gasteiger partial charge is 0.407 e. The van der Waals surface area contributed by atoms with E-state index in [1.165, 1.54) is 9.35 Å². The molecule has 0 bridgehead atoms. The van der Waals surface area contributed by atoms with Crippen LogP contribution in [0.2, 0.25) is 0 Å². The lowest BCUT2D eigenvalue weighted by molar-refractivity contribution is 0.0489. The zero-order valence-corrected chi connectivity index (χ0v) is 16.7. The van der Waals surface area contributed by atoms with E-state index in [4.69, 9.17) is 4.74 Å². The molecule has 1 saturated carbocycles. The summed E-state index contributed by atoms with van der Waals surface area (Å²) in [7, 11) is 0. The first-order valence-corrected chi connectivity index (χ1v) is 9.90. The lowest BCUT2D eigenvalue weighted by Gasteiger charge is -2.32. The van der Waals surface area contributed by atoms with Gasteiger partial charge in [-0.25, -0.2) is 4.79 Å². The number of thiophene rings is 1. The van der Waals surface area contributed by atoms with Crippen LogP contribution in [0, 0.1) is 0 Å². The van der Waals surface area contributed by atoms with Crippen LogP contribution in [-0.4, -0.2) is 23.8 Å². The van der Waals surface area contributed by atoms with Crippen LogP contribution in [0.4, 0.5) is 4.79 Å². The molecule has 130 valence electrons. The second kappa shape index (κ2) is 7.99. The molecule has 1 unspecified atom stereocenters. The highest BCUT2D eigenvalue weighted by Gasteiger charge is 2.26. The Bertz CT molecular complexity index is 519. The number of rotatable bonds is 4. The van der Waals surface area contributed by atoms with Gasteiger partial charge in [0.05, 0.1) is 0 Å². The maximum absolute atomic E-state index is 11.8. The van der Waals surface area contributed by atoms with Gasteiger partial charge in [-0.05, 0) is 80.8 Å². The fourth-order valence-corrected chi connectivity index (χ4v) is 4.66. The maximum Gasteiger partial charge on any atom is 0.407 e. The molecule has 1 amide bonds. The third kappa shape index (κ3) is 6.08. The number of alkyl carbamates (subject to hydrolysis) is 1. The Morgan fingerprint density at radius 1 is 1.30 bits per heavy atom. The highest BCUT2D eigenvalue weighted by atomic mass is 79.9. The predicted molar refractivity (Wildman–Crippen MR) is 99.0 cm³/mol. The van der Waals surface area contributed by atoms with Crippen molar-refractivity contribution in [3.05, 3.63) is 20.8 Å². The summed E-state index contributed by atoms with van der Waals surface area (Å²) in [5.41, 5.74) is -0.438. The van der Waals surface area contributed by atoms with Crippen molar-refractivity contribution >= 4 is 33.4 Å². The molecular formula is C17H27BrN2O2S. The average molecular weight is 403 g/mol. The van der Waals surface area contributed by atoms with Crippen LogP contribution in [0.5, 0.6) is 0 Å². The first-order chi connectivity index (χ1) is 10.7. The van der Waals surface area contributed by atoms with E-state index in [0.717, 1.165) is 25.7 Å². The fraction of sp³-hybridized carbons (Fsp3) is 0.706. The highest BCUT2D eigenvalue weighted by molar-refractivity contribution is 9.10. The average Bonchev–Trinajstić information content (AvgIpc) is 2.85. The van der Waals surface area contributed by atoms with Crippen LogP contribution in [0.1, 0.15) is 64.3 Å². The van der Waals surface area contributed by atoms with Gasteiger partial charge in [0, 0.05) is 27.5 Å². The lowest BCUT2D eigenvalue weighted by Crippen LogP contribution is -2.44. The number of carbonyl (C=O) groups is 1. The van der Waals surface area contributed by atoms with Crippen LogP contribution >= 0.6 is 27.3 Å². The van der Waals surface area contributed by atoms with Gasteiger partial charge in [0.2, 0.25) is 0 Å². The summed E-state index contributed by atoms with van der Waals surface area (Å²) in [6.45, 7) is 7.87. The molecule has 1 fully saturated rings. The fourth-order valence-electron chi connectivity index (χ4n) is 2.92. The number of ether oxygens (including phenoxy) is 1. The molecule has 23 heavy (non-hydrogen) atoms. The number of hydrogen-bond donors (Lipinski definition) is 2. The van der Waals surface area contributed by atoms with Crippen molar-refractivity contribution in [2.24, 2.45) is 0 Å². The molecule has 0 aliphatic heterocycles. The molecule has 1 aliphatic carbocycles. The third-order valence-corrected chi connectivity index (χ3v) is 6.03. The summed E-state index contributed by atoms with van der Waals surface area (Å²) >= 11 is 5.38. The van der Waals surface area contributed by atoms with Crippen molar-refractivity contribution in [2.45, 2.75) is 77.1 Å². The number of carbonyl (C=O) groups excluding carboxylic acids is 1. The van der Waals surface area contributed by atoms with Gasteiger partial charge in [-0.3, -0.25) is 0 Å². The SMILES string of the molecule is CC(NC1CCC(NC(=O)OC(C)(C)C)CC1)c1sccc1Br. The van der Waals surface area contributed by atoms with Crippen molar-refractivity contribution in [1.82, 2.24) is 10.6 Å². The molecule has 1 atom stereocenters. The quantitative estimate of drug-likeness (QED) is 0.744. The first kappa shape index (κ1) is 18.7. The molecule has 0 aromatic carbocycles. The molecule has 0 saturated heterocycles. The summed E-state index contributed by atoms with van der Waals surface area (Å²) in [6, 6.07) is 3.19. The van der Waals surface area contributed by atoms with E-state index in [1.54, 1.807) is 11.3 Å². The normalized spacial score (nSPS) is 23.3. The molecule has 6 heteroatoms. The standard InChI is InChI=1S/C17H27BrN2O2S/c1-11(15-14(18)9-10-23-15)19-12-5-7-13(8-6-12)20-16(21)22-17(2,3)4/h9-13,19H,5-8H2,1-4H3,(H,20,21). The van der Waals surface area contributed by atoms with Crippen LogP contribution in [-0.2, 0) is 4.74 Å². The number of hydrogen-bond acceptors (Lipinski definition) is 4. The number of halogens is 1. The van der Waals surface area contributed by atoms with Gasteiger partial charge in [-0.1, -0.05) is 0 Å². The van der Waals surface area contributed by atoms with Gasteiger partial charge in [0.25, 0.3) is 0 Å². The Morgan fingerprint density at radius 2 is 1.91 bits per heavy atom. The van der Waals surface area contributed by atoms with Gasteiger partial charge < -0.3 is 15.4 Å². The van der Waals surface area contributed by atoms with E-state index in [2.05, 4.69) is 44.9 Å². The molecule has 1 aliphatic rings. The topological polar surface area (TPSA) is 50.4 Å². The van der Waals surface area contributed by atoms with Crippen LogP contribution in [0.3, 0.4) is 0 Å². The Kier molecular flexibility index (Phi) is 6.51. The Labute approximate surface area is 151 Å². The molecule has 2 N–H and O–H groups in total. The second-order valence-electron chi connectivity index (χ2n) is 7.22. The summed E-state index contributed by atoms with van der Waals surface area (Å²) in [4.78, 5) is 13.2. The number of amides is 1. The minimum Gasteiger partial charge on any atom is -0.444 e. The summed E-state index contributed by atoms with van der Waals surface area (Å²) in [6.07, 6.45) is 3.84. The van der Waals surface area contributed by atoms with E-state index < -0.39 is 5.60 Å². The second-order valence-corrected chi connectivity index (χ2v) is 9.02. The van der Waals surface area contributed by atoms with E-state index in [-0.39, 0.29) is 12.1 Å². The predicted octanol–water partition coefficient (Wildman–Crippen LogP) is 5.00. The zero-order valence-electron chi connectivity index (χ0n) is 14.3. The molecule has 2 rings (SSSR count). The summed E-state index contributed by atoms with van der Waals surface area (Å²) in [5.74, 6) is 0. The molecule has 4 nitrogen and oxygen atoms in total. The molecule has 1 aromatic rings. The molecular weight excluding hydrogens is 376 g/mol. The molecule has 0 radical (unpaired) electrons. The van der Waals surface area contributed by atoms with Crippen molar-refractivity contribution in [1.29, 1.82) is 0 Å². The van der Waals surface area contributed by atoms with Gasteiger partial charge in [0.15, 0.2) is 0 Å². The highest BCUT2D eigenvalue weighted by Crippen LogP contribution is 2.30. The van der Waals surface area contributed by atoms with E-state index in [0.29, 0.717) is 12.1 Å². The van der Waals surface area contributed by atoms with Crippen molar-refractivity contribution in [3.8, 4) is 0 Å². The van der Waals surface area contributed by atoms with E-state index in [9.17, 15) is 4.79 Å². The van der Waals surface area contributed by atoms with E-state index >= 15 is 0 Å². The largest absolute Gasteiger partial charge is 0.444 e. The zero-order chi connectivity index (χ0) is 17.0. The minimum atomic E-state index is -0.438. The van der Waals surface area contributed by atoms with Gasteiger partial charge in [0.1, 0.15) is 5.60 Å². The Balaban J connectivity index is 1.74. The monoisotopic (exact) mass is 402 g/mol. The molecule has 1 aromatic heterocycles. The third-order valence-electron chi connectivity index (χ3n) is 3.97. The van der Waals surface area contributed by atoms with Gasteiger partial charge >= 0.3 is 6.09 Å². The lowest BCUT2D eigenvalue weighted by atomic mass is 9.91. The van der Waals surface area contributed by atoms with Crippen LogP contribution < -0.4 is 10.6 Å². The van der Waals surface area contributed by atoms with Crippen molar-refractivity contribution < 1.29 is 9.53 Å². The minimum absolute atomic E-state index is 0.228. The summed E-state index contributed by atoms with van der Waals surface area (Å²) in [5, 5.41) is 8.81. The van der Waals surface area contributed by atoms with Crippen LogP contribution in [0.15, 0.2) is 15.9 Å². The first-order valence-electron chi connectivity index (χ1n) is 8.23. The summed E-state index contributed by atoms with van der Waals surface area (Å²) < 4.78 is 6.51. The Morgan fingerprint density at radius 3 is 2.43 bits per heavy atom. The van der Waals surface area contributed by atoms with Gasteiger partial charge in [-0.15, -0.1) is 11.3 Å².